The third-order valence-corrected chi connectivity index (χ3v) is 11.6. The van der Waals surface area contributed by atoms with E-state index in [0.717, 1.165) is 70.1 Å². The summed E-state index contributed by atoms with van der Waals surface area (Å²) in [6.45, 7) is 37.6. The van der Waals surface area contributed by atoms with Crippen LogP contribution in [-0.2, 0) is 16.3 Å². The summed E-state index contributed by atoms with van der Waals surface area (Å²) in [6, 6.07) is 33.7. The van der Waals surface area contributed by atoms with Crippen molar-refractivity contribution in [3.8, 4) is 11.3 Å². The predicted molar refractivity (Wildman–Crippen MR) is 298 cm³/mol. The van der Waals surface area contributed by atoms with E-state index in [0.29, 0.717) is 41.3 Å². The first-order valence-corrected chi connectivity index (χ1v) is 26.9. The Labute approximate surface area is 434 Å². The molecule has 0 N–H and O–H groups in total. The lowest BCUT2D eigenvalue weighted by Crippen LogP contribution is -1.93. The van der Waals surface area contributed by atoms with Gasteiger partial charge < -0.3 is 30.9 Å². The van der Waals surface area contributed by atoms with Gasteiger partial charge in [0.2, 0.25) is 14.9 Å². The van der Waals surface area contributed by atoms with Crippen LogP contribution in [0.15, 0.2) is 158 Å². The highest BCUT2D eigenvalue weighted by Crippen LogP contribution is 2.27. The van der Waals surface area contributed by atoms with Crippen LogP contribution in [0.5, 0.6) is 0 Å². The van der Waals surface area contributed by atoms with E-state index in [4.69, 9.17) is 30.9 Å². The first-order valence-electron chi connectivity index (χ1n) is 25.1. The number of aryl methyl sites for hydroxylation is 4. The van der Waals surface area contributed by atoms with Crippen LogP contribution in [0.3, 0.4) is 0 Å². The van der Waals surface area contributed by atoms with E-state index in [-0.39, 0.29) is 18.4 Å². The van der Waals surface area contributed by atoms with Gasteiger partial charge in [-0.25, -0.2) is 8.42 Å². The topological polar surface area (TPSA) is 126 Å². The summed E-state index contributed by atoms with van der Waals surface area (Å²) in [7, 11) is -3.18. The Morgan fingerprint density at radius 1 is 0.458 bits per heavy atom. The predicted octanol–water partition coefficient (Wildman–Crippen LogP) is 20.0. The summed E-state index contributed by atoms with van der Waals surface area (Å²) in [5.74, 6) is 13.4. The first kappa shape index (κ1) is 64.1. The lowest BCUT2D eigenvalue weighted by atomic mass is 10.1. The van der Waals surface area contributed by atoms with Gasteiger partial charge in [0.25, 0.3) is 0 Å². The third kappa shape index (κ3) is 24.0. The lowest BCUT2D eigenvalue weighted by molar-refractivity contribution is 0.402. The SMILES string of the molecule is C.CC(C)c1ccc(S(C)(=O)=O)o1.CC(C)c1ccco1.CC(C)c1ccoc1.CCc1ccc(C(C)C)o1.Cc1ccc(C(C)C)o1.Cc1ccc(C(C)C)o1.Cc1cccc(-c2ccc(C(C)C)o2)c1. The maximum Gasteiger partial charge on any atom is 0.217 e. The molecule has 0 atom stereocenters. The maximum atomic E-state index is 11.0. The standard InChI is InChI=1S/C14H16O.C9H14O.C8H12O3S.2C8H12O.2C7H10O.CH4/c1-10(2)13-7-8-14(15-13)12-6-4-5-11(3)9-12;1-4-8-5-6-9(10-8)7(2)3;1-6(2)7-4-5-8(11-7)12(3,9)10;2*1-6(2)8-5-4-7(3)9-8;1-6(2)7-3-4-8-5-7;1-6(2)7-4-3-5-8-7;/h4-10H,1-3H3;5-7H,4H2,1-3H3;4-6H,1-3H3;2*4-6H,1-3H3;2*3-6H,1-2H3;1H4. The number of rotatable bonds is 10. The van der Waals surface area contributed by atoms with Gasteiger partial charge in [-0.05, 0) is 117 Å². The molecule has 8 rings (SSSR count). The quantitative estimate of drug-likeness (QED) is 0.132. The van der Waals surface area contributed by atoms with Crippen LogP contribution in [0, 0.1) is 20.8 Å². The number of hydrogen-bond donors (Lipinski definition) is 0. The van der Waals surface area contributed by atoms with Crippen molar-refractivity contribution < 1.29 is 39.3 Å². The van der Waals surface area contributed by atoms with Crippen LogP contribution < -0.4 is 0 Å². The zero-order valence-corrected chi connectivity index (χ0v) is 47.2. The lowest BCUT2D eigenvalue weighted by Gasteiger charge is -2.00. The molecular formula is C62H90O9S. The zero-order chi connectivity index (χ0) is 53.4. The minimum Gasteiger partial charge on any atom is -0.472 e. The average Bonchev–Trinajstić information content (AvgIpc) is 4.16. The summed E-state index contributed by atoms with van der Waals surface area (Å²) in [5, 5.41) is 0.0474. The molecule has 7 aromatic heterocycles. The van der Waals surface area contributed by atoms with Crippen molar-refractivity contribution in [2.45, 2.75) is 185 Å². The van der Waals surface area contributed by atoms with Crippen molar-refractivity contribution in [1.29, 1.82) is 0 Å². The molecule has 10 heteroatoms. The number of furan rings is 7. The molecule has 0 aliphatic heterocycles. The largest absolute Gasteiger partial charge is 0.472 e. The van der Waals surface area contributed by atoms with Gasteiger partial charge in [0, 0.05) is 53.7 Å². The van der Waals surface area contributed by atoms with Gasteiger partial charge in [-0.2, -0.15) is 0 Å². The van der Waals surface area contributed by atoms with Crippen LogP contribution in [0.25, 0.3) is 11.3 Å². The first-order chi connectivity index (χ1) is 33.3. The van der Waals surface area contributed by atoms with Gasteiger partial charge in [-0.1, -0.05) is 135 Å². The van der Waals surface area contributed by atoms with Gasteiger partial charge in [0.15, 0.2) is 0 Å². The average molecular weight is 1010 g/mol. The monoisotopic (exact) mass is 1010 g/mol. The second kappa shape index (κ2) is 32.3. The fourth-order valence-corrected chi connectivity index (χ4v) is 6.67. The highest BCUT2D eigenvalue weighted by atomic mass is 32.2. The van der Waals surface area contributed by atoms with Crippen molar-refractivity contribution >= 4 is 9.84 Å². The highest BCUT2D eigenvalue weighted by Gasteiger charge is 2.14. The number of hydrogen-bond acceptors (Lipinski definition) is 9. The molecule has 0 amide bonds. The molecule has 0 spiro atoms. The Balaban J connectivity index is 0.000000424. The van der Waals surface area contributed by atoms with E-state index < -0.39 is 9.84 Å². The summed E-state index contributed by atoms with van der Waals surface area (Å²) < 4.78 is 59.0. The Hall–Kier alpha value is -5.87. The zero-order valence-electron chi connectivity index (χ0n) is 46.4. The van der Waals surface area contributed by atoms with Gasteiger partial charge in [0.05, 0.1) is 18.8 Å². The third-order valence-electron chi connectivity index (χ3n) is 10.6. The molecule has 8 aromatic rings. The number of benzene rings is 1. The molecular weight excluding hydrogens is 921 g/mol. The van der Waals surface area contributed by atoms with Crippen molar-refractivity contribution in [2.24, 2.45) is 0 Å². The highest BCUT2D eigenvalue weighted by molar-refractivity contribution is 7.90. The molecule has 1 aromatic carbocycles. The van der Waals surface area contributed by atoms with E-state index in [2.05, 4.69) is 139 Å². The van der Waals surface area contributed by atoms with Gasteiger partial charge in [-0.3, -0.25) is 0 Å². The molecule has 0 unspecified atom stereocenters. The molecule has 0 fully saturated rings. The van der Waals surface area contributed by atoms with Crippen molar-refractivity contribution in [3.05, 3.63) is 185 Å². The Morgan fingerprint density at radius 3 is 1.22 bits per heavy atom. The molecule has 0 bridgehead atoms. The molecule has 398 valence electrons. The summed E-state index contributed by atoms with van der Waals surface area (Å²) in [5.41, 5.74) is 3.68. The Morgan fingerprint density at radius 2 is 0.931 bits per heavy atom. The van der Waals surface area contributed by atoms with E-state index in [1.807, 2.05) is 76.2 Å². The van der Waals surface area contributed by atoms with Crippen molar-refractivity contribution in [2.75, 3.05) is 6.26 Å². The summed E-state index contributed by atoms with van der Waals surface area (Å²) >= 11 is 0. The van der Waals surface area contributed by atoms with Crippen molar-refractivity contribution in [1.82, 2.24) is 0 Å². The van der Waals surface area contributed by atoms with E-state index >= 15 is 0 Å². The molecule has 0 aliphatic rings. The molecule has 0 aliphatic carbocycles. The van der Waals surface area contributed by atoms with E-state index in [1.54, 1.807) is 24.9 Å². The minimum absolute atomic E-state index is 0. The second-order valence-electron chi connectivity index (χ2n) is 19.7. The Kier molecular flexibility index (Phi) is 28.7. The van der Waals surface area contributed by atoms with Crippen molar-refractivity contribution in [3.63, 3.8) is 0 Å². The maximum absolute atomic E-state index is 11.0. The molecule has 0 radical (unpaired) electrons. The van der Waals surface area contributed by atoms with E-state index in [1.165, 1.54) is 17.2 Å². The molecule has 0 saturated heterocycles. The van der Waals surface area contributed by atoms with E-state index in [9.17, 15) is 8.42 Å². The van der Waals surface area contributed by atoms with Crippen LogP contribution >= 0.6 is 0 Å². The summed E-state index contributed by atoms with van der Waals surface area (Å²) in [6.07, 6.45) is 7.32. The van der Waals surface area contributed by atoms with Crippen LogP contribution in [-0.4, -0.2) is 14.7 Å². The van der Waals surface area contributed by atoms with Crippen LogP contribution in [0.2, 0.25) is 0 Å². The smallest absolute Gasteiger partial charge is 0.217 e. The Bertz CT molecular complexity index is 2600. The summed E-state index contributed by atoms with van der Waals surface area (Å²) in [4.78, 5) is 0. The molecule has 0 saturated carbocycles. The fourth-order valence-electron chi connectivity index (χ4n) is 6.11. The van der Waals surface area contributed by atoms with Crippen LogP contribution in [0.4, 0.5) is 0 Å². The van der Waals surface area contributed by atoms with Gasteiger partial charge >= 0.3 is 0 Å². The number of sulfone groups is 1. The molecule has 7 heterocycles. The molecule has 9 nitrogen and oxygen atoms in total. The normalized spacial score (nSPS) is 10.8. The fraction of sp³-hybridized carbons (Fsp3) is 0.452. The minimum atomic E-state index is -3.18. The second-order valence-corrected chi connectivity index (χ2v) is 21.7. The van der Waals surface area contributed by atoms with Crippen LogP contribution in [0.1, 0.15) is 216 Å². The molecule has 72 heavy (non-hydrogen) atoms. The van der Waals surface area contributed by atoms with Gasteiger partial charge in [-0.15, -0.1) is 0 Å². The van der Waals surface area contributed by atoms with Gasteiger partial charge in [0.1, 0.15) is 57.6 Å².